The number of aryl methyl sites for hydroxylation is 1. The summed E-state index contributed by atoms with van der Waals surface area (Å²) in [7, 11) is 1.50. The topological polar surface area (TPSA) is 103 Å². The Morgan fingerprint density at radius 3 is 2.83 bits per heavy atom. The zero-order valence-corrected chi connectivity index (χ0v) is 17.7. The molecule has 0 aliphatic heterocycles. The normalized spacial score (nSPS) is 22.0. The van der Waals surface area contributed by atoms with E-state index < -0.39 is 29.2 Å². The van der Waals surface area contributed by atoms with Gasteiger partial charge in [0.15, 0.2) is 11.6 Å². The van der Waals surface area contributed by atoms with Crippen LogP contribution in [0.1, 0.15) is 46.5 Å². The number of hydrogen-bond donors (Lipinski definition) is 2. The number of rotatable bonds is 4. The largest absolute Gasteiger partial charge is 0.485 e. The summed E-state index contributed by atoms with van der Waals surface area (Å²) in [6, 6.07) is 2.22. The van der Waals surface area contributed by atoms with Crippen LogP contribution < -0.4 is 15.6 Å². The van der Waals surface area contributed by atoms with Crippen molar-refractivity contribution < 1.29 is 23.8 Å². The van der Waals surface area contributed by atoms with Crippen molar-refractivity contribution in [1.82, 2.24) is 14.9 Å². The highest BCUT2D eigenvalue weighted by Crippen LogP contribution is 2.32. The van der Waals surface area contributed by atoms with Crippen molar-refractivity contribution in [2.45, 2.75) is 63.7 Å². The molecule has 1 saturated carbocycles. The van der Waals surface area contributed by atoms with Crippen LogP contribution in [0.2, 0.25) is 0 Å². The summed E-state index contributed by atoms with van der Waals surface area (Å²) in [6.07, 6.45) is 2.86. The molecule has 3 rings (SSSR count). The maximum atomic E-state index is 14.5. The number of nitrogens with zero attached hydrogens (tertiary/aromatic N) is 2. The molecule has 0 bridgehead atoms. The minimum Gasteiger partial charge on any atom is -0.485 e. The lowest BCUT2D eigenvalue weighted by Crippen LogP contribution is -2.58. The maximum Gasteiger partial charge on any atom is 0.407 e. The molecule has 0 radical (unpaired) electrons. The number of carbonyl (C=O) groups excluding carboxylic acids is 1. The Morgan fingerprint density at radius 1 is 1.40 bits per heavy atom. The van der Waals surface area contributed by atoms with E-state index in [-0.39, 0.29) is 23.4 Å². The number of fused-ring (bicyclic) bond motifs is 1. The predicted molar refractivity (Wildman–Crippen MR) is 109 cm³/mol. The van der Waals surface area contributed by atoms with E-state index in [1.165, 1.54) is 23.7 Å². The summed E-state index contributed by atoms with van der Waals surface area (Å²) in [5.41, 5.74) is -1.81. The molecule has 30 heavy (non-hydrogen) atoms. The van der Waals surface area contributed by atoms with E-state index in [2.05, 4.69) is 10.3 Å². The molecule has 1 aliphatic carbocycles. The smallest absolute Gasteiger partial charge is 0.407 e. The van der Waals surface area contributed by atoms with E-state index in [1.807, 2.05) is 0 Å². The van der Waals surface area contributed by atoms with Gasteiger partial charge < -0.3 is 24.5 Å². The molecule has 9 heteroatoms. The van der Waals surface area contributed by atoms with Crippen molar-refractivity contribution in [3.05, 3.63) is 34.5 Å². The third kappa shape index (κ3) is 4.72. The molecule has 0 spiro atoms. The van der Waals surface area contributed by atoms with Crippen molar-refractivity contribution in [3.8, 4) is 5.75 Å². The van der Waals surface area contributed by atoms with Gasteiger partial charge in [0.05, 0.1) is 17.8 Å². The molecule has 2 N–H and O–H groups in total. The van der Waals surface area contributed by atoms with Gasteiger partial charge >= 0.3 is 6.09 Å². The third-order valence-corrected chi connectivity index (χ3v) is 5.20. The summed E-state index contributed by atoms with van der Waals surface area (Å²) in [4.78, 5) is 28.2. The second-order valence-electron chi connectivity index (χ2n) is 8.74. The molecule has 2 aromatic heterocycles. The Balaban J connectivity index is 1.84. The standard InChI is InChI=1S/C21H28FN3O5/c1-20(2,3)30-19(27)24-15-7-5-6-10-21(15,28)12-29-18-13(22)11-23-14-8-9-16(26)25(4)17(14)18/h8-9,11,15,28H,5-7,10,12H2,1-4H3,(H,24,27). The fraction of sp³-hybridized carbons (Fsp3) is 0.571. The molecule has 2 heterocycles. The van der Waals surface area contributed by atoms with Gasteiger partial charge in [0.2, 0.25) is 0 Å². The van der Waals surface area contributed by atoms with Crippen LogP contribution in [0.25, 0.3) is 11.0 Å². The number of aromatic nitrogens is 2. The first-order valence-corrected chi connectivity index (χ1v) is 9.99. The zero-order chi connectivity index (χ0) is 22.1. The van der Waals surface area contributed by atoms with Gasteiger partial charge in [0.25, 0.3) is 5.56 Å². The van der Waals surface area contributed by atoms with Crippen molar-refractivity contribution in [3.63, 3.8) is 0 Å². The number of ether oxygens (including phenoxy) is 2. The predicted octanol–water partition coefficient (Wildman–Crippen LogP) is 2.65. The Morgan fingerprint density at radius 2 is 2.13 bits per heavy atom. The Labute approximate surface area is 174 Å². The van der Waals surface area contributed by atoms with E-state index in [0.29, 0.717) is 18.4 Å². The molecule has 1 aliphatic rings. The molecule has 2 aromatic rings. The molecule has 1 fully saturated rings. The number of hydrogen-bond acceptors (Lipinski definition) is 6. The molecular formula is C21H28FN3O5. The Bertz CT molecular complexity index is 1000. The highest BCUT2D eigenvalue weighted by Gasteiger charge is 2.41. The highest BCUT2D eigenvalue weighted by molar-refractivity contribution is 5.81. The molecule has 0 saturated heterocycles. The first kappa shape index (κ1) is 22.0. The number of halogens is 1. The van der Waals surface area contributed by atoms with Crippen molar-refractivity contribution >= 4 is 17.1 Å². The number of pyridine rings is 2. The van der Waals surface area contributed by atoms with Crippen LogP contribution in [0.5, 0.6) is 5.75 Å². The summed E-state index contributed by atoms with van der Waals surface area (Å²) in [5, 5.41) is 13.9. The van der Waals surface area contributed by atoms with Gasteiger partial charge in [-0.15, -0.1) is 0 Å². The van der Waals surface area contributed by atoms with E-state index in [1.54, 1.807) is 20.8 Å². The molecule has 8 nitrogen and oxygen atoms in total. The number of aliphatic hydroxyl groups is 1. The summed E-state index contributed by atoms with van der Waals surface area (Å²) < 4.78 is 26.8. The van der Waals surface area contributed by atoms with E-state index in [9.17, 15) is 19.1 Å². The average molecular weight is 421 g/mol. The summed E-state index contributed by atoms with van der Waals surface area (Å²) >= 11 is 0. The number of amides is 1. The molecule has 2 unspecified atom stereocenters. The van der Waals surface area contributed by atoms with E-state index >= 15 is 0 Å². The van der Waals surface area contributed by atoms with Crippen molar-refractivity contribution in [1.29, 1.82) is 0 Å². The minimum absolute atomic E-state index is 0.157. The van der Waals surface area contributed by atoms with Crippen LogP contribution in [0, 0.1) is 5.82 Å². The minimum atomic E-state index is -1.41. The fourth-order valence-electron chi connectivity index (χ4n) is 3.68. The van der Waals surface area contributed by atoms with Crippen LogP contribution in [-0.2, 0) is 11.8 Å². The molecule has 164 valence electrons. The fourth-order valence-corrected chi connectivity index (χ4v) is 3.68. The maximum absolute atomic E-state index is 14.5. The number of nitrogens with one attached hydrogen (secondary N) is 1. The second kappa shape index (κ2) is 8.22. The lowest BCUT2D eigenvalue weighted by atomic mass is 9.81. The van der Waals surface area contributed by atoms with Gasteiger partial charge in [0.1, 0.15) is 23.3 Å². The number of carbonyl (C=O) groups is 1. The van der Waals surface area contributed by atoms with Gasteiger partial charge in [-0.2, -0.15) is 0 Å². The molecule has 0 aromatic carbocycles. The van der Waals surface area contributed by atoms with Crippen LogP contribution in [-0.4, -0.2) is 44.6 Å². The van der Waals surface area contributed by atoms with Gasteiger partial charge in [-0.1, -0.05) is 12.8 Å². The lowest BCUT2D eigenvalue weighted by molar-refractivity contribution is -0.0614. The van der Waals surface area contributed by atoms with Crippen LogP contribution in [0.4, 0.5) is 9.18 Å². The third-order valence-electron chi connectivity index (χ3n) is 5.20. The summed E-state index contributed by atoms with van der Waals surface area (Å²) in [6.45, 7) is 5.01. The lowest BCUT2D eigenvalue weighted by Gasteiger charge is -2.40. The van der Waals surface area contributed by atoms with Crippen molar-refractivity contribution in [2.24, 2.45) is 7.05 Å². The Hall–Kier alpha value is -2.68. The second-order valence-corrected chi connectivity index (χ2v) is 8.74. The van der Waals surface area contributed by atoms with Crippen LogP contribution >= 0.6 is 0 Å². The first-order chi connectivity index (χ1) is 14.0. The SMILES string of the molecule is Cn1c(=O)ccc2ncc(F)c(OCC3(O)CCCCC3NC(=O)OC(C)(C)C)c21. The summed E-state index contributed by atoms with van der Waals surface area (Å²) in [5.74, 6) is -0.894. The Kier molecular flexibility index (Phi) is 6.03. The zero-order valence-electron chi connectivity index (χ0n) is 17.7. The van der Waals surface area contributed by atoms with Crippen LogP contribution in [0.3, 0.4) is 0 Å². The molecule has 1 amide bonds. The number of alkyl carbamates (subject to hydrolysis) is 1. The first-order valence-electron chi connectivity index (χ1n) is 9.99. The monoisotopic (exact) mass is 421 g/mol. The van der Waals surface area contributed by atoms with Gasteiger partial charge in [-0.25, -0.2) is 9.18 Å². The van der Waals surface area contributed by atoms with Crippen LogP contribution in [0.15, 0.2) is 23.1 Å². The van der Waals surface area contributed by atoms with Gasteiger partial charge in [-0.05, 0) is 39.7 Å². The van der Waals surface area contributed by atoms with Crippen molar-refractivity contribution in [2.75, 3.05) is 6.61 Å². The molecular weight excluding hydrogens is 393 g/mol. The quantitative estimate of drug-likeness (QED) is 0.787. The average Bonchev–Trinajstić information content (AvgIpc) is 2.64. The van der Waals surface area contributed by atoms with E-state index in [0.717, 1.165) is 19.0 Å². The van der Waals surface area contributed by atoms with E-state index in [4.69, 9.17) is 9.47 Å². The molecule has 2 atom stereocenters. The highest BCUT2D eigenvalue weighted by atomic mass is 19.1. The van der Waals surface area contributed by atoms with Gasteiger partial charge in [0, 0.05) is 13.1 Å². The van der Waals surface area contributed by atoms with Gasteiger partial charge in [-0.3, -0.25) is 9.78 Å².